The third kappa shape index (κ3) is 1.12. The van der Waals surface area contributed by atoms with Crippen LogP contribution in [0.15, 0.2) is 12.3 Å². The zero-order valence-electron chi connectivity index (χ0n) is 6.26. The molecule has 0 aromatic heterocycles. The Morgan fingerprint density at radius 3 is 2.42 bits per heavy atom. The van der Waals surface area contributed by atoms with E-state index in [1.807, 2.05) is 0 Å². The van der Waals surface area contributed by atoms with Crippen LogP contribution < -0.4 is 0 Å². The van der Waals surface area contributed by atoms with Crippen molar-refractivity contribution in [1.82, 2.24) is 0 Å². The number of allylic oxidation sites excluding steroid dienone is 1. The van der Waals surface area contributed by atoms with E-state index in [9.17, 15) is 0 Å². The Labute approximate surface area is 80.2 Å². The van der Waals surface area contributed by atoms with E-state index in [0.717, 1.165) is 0 Å². The molecule has 0 N–H and O–H groups in total. The number of hydrogen-bond donors (Lipinski definition) is 0. The van der Waals surface area contributed by atoms with Crippen LogP contribution in [0.25, 0.3) is 0 Å². The van der Waals surface area contributed by atoms with E-state index in [0.29, 0.717) is 19.6 Å². The second kappa shape index (κ2) is 2.77. The van der Waals surface area contributed by atoms with Gasteiger partial charge in [0, 0.05) is 6.42 Å². The molecule has 0 unspecified atom stereocenters. The second-order valence-electron chi connectivity index (χ2n) is 2.65. The van der Waals surface area contributed by atoms with Gasteiger partial charge < -0.3 is 14.2 Å². The summed E-state index contributed by atoms with van der Waals surface area (Å²) >= 11 is 11.9. The number of ether oxygens (including phenoxy) is 3. The quantitative estimate of drug-likeness (QED) is 0.571. The Kier molecular flexibility index (Phi) is 1.99. The average Bonchev–Trinajstić information content (AvgIpc) is 2.46. The van der Waals surface area contributed by atoms with E-state index < -0.39 is 10.3 Å². The normalized spacial score (nSPS) is 30.5. The molecular weight excluding hydrogens is 203 g/mol. The molecule has 0 radical (unpaired) electrons. The smallest absolute Gasteiger partial charge is 0.362 e. The summed E-state index contributed by atoms with van der Waals surface area (Å²) in [6.45, 7) is 0.907. The van der Waals surface area contributed by atoms with Crippen molar-refractivity contribution in [3.8, 4) is 0 Å². The highest BCUT2D eigenvalue weighted by Gasteiger charge is 2.58. The molecule has 0 aliphatic carbocycles. The molecule has 12 heavy (non-hydrogen) atoms. The van der Waals surface area contributed by atoms with Crippen molar-refractivity contribution >= 4 is 23.2 Å². The molecule has 1 saturated heterocycles. The zero-order valence-corrected chi connectivity index (χ0v) is 7.77. The number of hydrogen-bond acceptors (Lipinski definition) is 3. The monoisotopic (exact) mass is 210 g/mol. The van der Waals surface area contributed by atoms with E-state index >= 15 is 0 Å². The third-order valence-corrected chi connectivity index (χ3v) is 2.58. The summed E-state index contributed by atoms with van der Waals surface area (Å²) in [5, 5.41) is 0. The van der Waals surface area contributed by atoms with E-state index in [1.165, 1.54) is 6.26 Å². The van der Waals surface area contributed by atoms with Gasteiger partial charge in [-0.1, -0.05) is 23.2 Å². The topological polar surface area (TPSA) is 27.7 Å². The Hall–Kier alpha value is 0.0400. The molecule has 0 atom stereocenters. The maximum Gasteiger partial charge on any atom is 0.362 e. The second-order valence-corrected chi connectivity index (χ2v) is 4.14. The van der Waals surface area contributed by atoms with Gasteiger partial charge in [-0.25, -0.2) is 0 Å². The standard InChI is InChI=1S/C7H8Cl2O3/c8-6(9)2-1-3-10-7(6)11-4-5-12-7/h1,3H,2,4-5H2. The van der Waals surface area contributed by atoms with E-state index in [1.54, 1.807) is 6.08 Å². The van der Waals surface area contributed by atoms with Gasteiger partial charge in [0.05, 0.1) is 19.5 Å². The summed E-state index contributed by atoms with van der Waals surface area (Å²) in [6, 6.07) is 0. The maximum atomic E-state index is 5.97. The highest BCUT2D eigenvalue weighted by Crippen LogP contribution is 2.46. The van der Waals surface area contributed by atoms with Crippen LogP contribution in [0.2, 0.25) is 0 Å². The molecule has 1 spiro atoms. The number of alkyl halides is 2. The summed E-state index contributed by atoms with van der Waals surface area (Å²) in [4.78, 5) is 0. The molecule has 0 bridgehead atoms. The van der Waals surface area contributed by atoms with E-state index in [-0.39, 0.29) is 0 Å². The molecule has 2 heterocycles. The molecule has 2 aliphatic rings. The third-order valence-electron chi connectivity index (χ3n) is 1.81. The van der Waals surface area contributed by atoms with Gasteiger partial charge in [-0.2, -0.15) is 0 Å². The van der Waals surface area contributed by atoms with Crippen LogP contribution in [-0.4, -0.2) is 23.5 Å². The summed E-state index contributed by atoms with van der Waals surface area (Å²) in [7, 11) is 0. The fourth-order valence-corrected chi connectivity index (χ4v) is 1.70. The SMILES string of the molecule is ClC1(Cl)CC=COC12OCCO2. The summed E-state index contributed by atoms with van der Waals surface area (Å²) in [6.07, 6.45) is 3.68. The lowest BCUT2D eigenvalue weighted by Gasteiger charge is -2.37. The minimum Gasteiger partial charge on any atom is -0.445 e. The molecule has 2 aliphatic heterocycles. The first-order valence-electron chi connectivity index (χ1n) is 3.65. The Balaban J connectivity index is 2.27. The molecule has 68 valence electrons. The highest BCUT2D eigenvalue weighted by atomic mass is 35.5. The molecule has 0 aromatic carbocycles. The van der Waals surface area contributed by atoms with Crippen molar-refractivity contribution in [1.29, 1.82) is 0 Å². The lowest BCUT2D eigenvalue weighted by molar-refractivity contribution is -0.318. The summed E-state index contributed by atoms with van der Waals surface area (Å²) in [5.41, 5.74) is 0. The first kappa shape index (κ1) is 8.63. The van der Waals surface area contributed by atoms with E-state index in [2.05, 4.69) is 0 Å². The lowest BCUT2D eigenvalue weighted by atomic mass is 10.2. The van der Waals surface area contributed by atoms with Crippen LogP contribution >= 0.6 is 23.2 Å². The van der Waals surface area contributed by atoms with Gasteiger partial charge in [-0.05, 0) is 6.08 Å². The zero-order chi connectivity index (χ0) is 8.66. The van der Waals surface area contributed by atoms with Crippen LogP contribution in [0.4, 0.5) is 0 Å². The summed E-state index contributed by atoms with van der Waals surface area (Å²) in [5.74, 6) is -1.29. The first-order valence-corrected chi connectivity index (χ1v) is 4.40. The van der Waals surface area contributed by atoms with Gasteiger partial charge in [0.2, 0.25) is 4.33 Å². The minimum absolute atomic E-state index is 0.453. The van der Waals surface area contributed by atoms with Crippen molar-refractivity contribution in [3.63, 3.8) is 0 Å². The van der Waals surface area contributed by atoms with Crippen LogP contribution in [0.3, 0.4) is 0 Å². The van der Waals surface area contributed by atoms with Crippen LogP contribution in [0.5, 0.6) is 0 Å². The van der Waals surface area contributed by atoms with Crippen molar-refractivity contribution < 1.29 is 14.2 Å². The lowest BCUT2D eigenvalue weighted by Crippen LogP contribution is -2.50. The van der Waals surface area contributed by atoms with Crippen LogP contribution in [0, 0.1) is 0 Å². The molecule has 0 saturated carbocycles. The fraction of sp³-hybridized carbons (Fsp3) is 0.714. The molecule has 3 nitrogen and oxygen atoms in total. The summed E-state index contributed by atoms with van der Waals surface area (Å²) < 4.78 is 14.5. The van der Waals surface area contributed by atoms with Crippen molar-refractivity contribution in [3.05, 3.63) is 12.3 Å². The van der Waals surface area contributed by atoms with Gasteiger partial charge in [-0.15, -0.1) is 0 Å². The average molecular weight is 211 g/mol. The van der Waals surface area contributed by atoms with Gasteiger partial charge in [0.25, 0.3) is 0 Å². The predicted octanol–water partition coefficient (Wildman–Crippen LogP) is 1.79. The van der Waals surface area contributed by atoms with Crippen LogP contribution in [0.1, 0.15) is 6.42 Å². The predicted molar refractivity (Wildman–Crippen MR) is 43.9 cm³/mol. The van der Waals surface area contributed by atoms with Gasteiger partial charge in [0.15, 0.2) is 0 Å². The van der Waals surface area contributed by atoms with Crippen molar-refractivity contribution in [2.75, 3.05) is 13.2 Å². The minimum atomic E-state index is -1.29. The highest BCUT2D eigenvalue weighted by molar-refractivity contribution is 6.49. The number of halogens is 2. The Morgan fingerprint density at radius 2 is 1.83 bits per heavy atom. The molecule has 2 rings (SSSR count). The number of rotatable bonds is 0. The largest absolute Gasteiger partial charge is 0.445 e. The maximum absolute atomic E-state index is 5.97. The van der Waals surface area contributed by atoms with Crippen molar-refractivity contribution in [2.45, 2.75) is 16.7 Å². The molecule has 5 heteroatoms. The Bertz CT molecular complexity index is 209. The molecule has 0 amide bonds. The molecule has 1 fully saturated rings. The van der Waals surface area contributed by atoms with Gasteiger partial charge in [-0.3, -0.25) is 0 Å². The van der Waals surface area contributed by atoms with Crippen LogP contribution in [-0.2, 0) is 14.2 Å². The van der Waals surface area contributed by atoms with Crippen molar-refractivity contribution in [2.24, 2.45) is 0 Å². The Morgan fingerprint density at radius 1 is 1.17 bits per heavy atom. The fourth-order valence-electron chi connectivity index (χ4n) is 1.22. The van der Waals surface area contributed by atoms with E-state index in [4.69, 9.17) is 37.4 Å². The first-order chi connectivity index (χ1) is 5.66. The van der Waals surface area contributed by atoms with Gasteiger partial charge in [0.1, 0.15) is 0 Å². The van der Waals surface area contributed by atoms with Gasteiger partial charge >= 0.3 is 5.97 Å². The molecular formula is C7H8Cl2O3. The molecule has 0 aromatic rings.